The third-order valence-electron chi connectivity index (χ3n) is 4.88. The molecule has 0 spiro atoms. The van der Waals surface area contributed by atoms with Gasteiger partial charge in [-0.05, 0) is 62.2 Å². The average Bonchev–Trinajstić information content (AvgIpc) is 2.70. The van der Waals surface area contributed by atoms with Crippen LogP contribution in [0.2, 0.25) is 0 Å². The Bertz CT molecular complexity index is 765. The van der Waals surface area contributed by atoms with E-state index < -0.39 is 0 Å². The number of hydrogen-bond donors (Lipinski definition) is 1. The van der Waals surface area contributed by atoms with Crippen LogP contribution in [0.1, 0.15) is 39.7 Å². The Hall–Kier alpha value is -2.82. The quantitative estimate of drug-likeness (QED) is 0.697. The highest BCUT2D eigenvalue weighted by molar-refractivity contribution is 5.94. The lowest BCUT2D eigenvalue weighted by molar-refractivity contribution is -0.117. The van der Waals surface area contributed by atoms with Crippen LogP contribution < -0.4 is 15.1 Å². The van der Waals surface area contributed by atoms with Crippen LogP contribution in [0.25, 0.3) is 0 Å². The molecule has 0 bridgehead atoms. The number of hydrogen-bond acceptors (Lipinski definition) is 3. The predicted molar refractivity (Wildman–Crippen MR) is 117 cm³/mol. The summed E-state index contributed by atoms with van der Waals surface area (Å²) in [4.78, 5) is 28.3. The Balaban J connectivity index is 1.94. The molecule has 0 aliphatic heterocycles. The largest absolute Gasteiger partial charge is 0.372 e. The van der Waals surface area contributed by atoms with Gasteiger partial charge < -0.3 is 15.1 Å². The fourth-order valence-corrected chi connectivity index (χ4v) is 3.16. The van der Waals surface area contributed by atoms with Crippen LogP contribution in [0.15, 0.2) is 48.5 Å². The van der Waals surface area contributed by atoms with Crippen molar-refractivity contribution in [1.82, 2.24) is 0 Å². The zero-order valence-electron chi connectivity index (χ0n) is 17.4. The summed E-state index contributed by atoms with van der Waals surface area (Å²) in [5, 5.41) is 2.91. The van der Waals surface area contributed by atoms with Crippen molar-refractivity contribution in [3.63, 3.8) is 0 Å². The number of rotatable bonds is 9. The highest BCUT2D eigenvalue weighted by atomic mass is 16.2. The molecule has 0 atom stereocenters. The Labute approximate surface area is 168 Å². The molecule has 5 nitrogen and oxygen atoms in total. The molecule has 0 aliphatic rings. The summed E-state index contributed by atoms with van der Waals surface area (Å²) in [6.45, 7) is 10.1. The molecule has 0 aliphatic carbocycles. The number of amides is 2. The first-order valence-electron chi connectivity index (χ1n) is 10.00. The Kier molecular flexibility index (Phi) is 8.05. The minimum atomic E-state index is -0.105. The first kappa shape index (κ1) is 21.5. The van der Waals surface area contributed by atoms with Gasteiger partial charge in [-0.25, -0.2) is 0 Å². The van der Waals surface area contributed by atoms with Crippen molar-refractivity contribution in [2.24, 2.45) is 0 Å². The highest BCUT2D eigenvalue weighted by Gasteiger charge is 2.14. The molecule has 0 saturated heterocycles. The molecule has 2 aromatic rings. The number of benzene rings is 2. The molecule has 1 N–H and O–H groups in total. The summed E-state index contributed by atoms with van der Waals surface area (Å²) in [7, 11) is 0. The summed E-state index contributed by atoms with van der Waals surface area (Å²) < 4.78 is 0. The third-order valence-corrected chi connectivity index (χ3v) is 4.88. The molecule has 0 radical (unpaired) electrons. The van der Waals surface area contributed by atoms with Crippen molar-refractivity contribution in [3.05, 3.63) is 54.1 Å². The van der Waals surface area contributed by atoms with Crippen molar-refractivity contribution < 1.29 is 9.59 Å². The van der Waals surface area contributed by atoms with Crippen LogP contribution in [0.4, 0.5) is 17.1 Å². The maximum Gasteiger partial charge on any atom is 0.226 e. The normalized spacial score (nSPS) is 10.4. The molecular weight excluding hydrogens is 350 g/mol. The van der Waals surface area contributed by atoms with Gasteiger partial charge in [-0.1, -0.05) is 19.1 Å². The van der Waals surface area contributed by atoms with E-state index in [-0.39, 0.29) is 18.2 Å². The second-order valence-corrected chi connectivity index (χ2v) is 6.71. The second-order valence-electron chi connectivity index (χ2n) is 6.71. The molecule has 28 heavy (non-hydrogen) atoms. The lowest BCUT2D eigenvalue weighted by atomic mass is 10.1. The van der Waals surface area contributed by atoms with Gasteiger partial charge in [0.05, 0.1) is 0 Å². The molecule has 2 aromatic carbocycles. The molecule has 2 amide bonds. The molecule has 0 heterocycles. The first-order chi connectivity index (χ1) is 13.5. The number of nitrogens with zero attached hydrogens (tertiary/aromatic N) is 2. The molecule has 150 valence electrons. The zero-order chi connectivity index (χ0) is 20.5. The number of aryl methyl sites for hydroxylation is 1. The number of anilines is 3. The number of nitrogens with one attached hydrogen (secondary N) is 1. The van der Waals surface area contributed by atoms with Gasteiger partial charge in [0.15, 0.2) is 0 Å². The van der Waals surface area contributed by atoms with Crippen LogP contribution >= 0.6 is 0 Å². The summed E-state index contributed by atoms with van der Waals surface area (Å²) in [5.74, 6) is -0.173. The van der Waals surface area contributed by atoms with Crippen molar-refractivity contribution >= 4 is 28.9 Å². The van der Waals surface area contributed by atoms with Gasteiger partial charge in [0.1, 0.15) is 0 Å². The third kappa shape index (κ3) is 5.84. The van der Waals surface area contributed by atoms with Gasteiger partial charge in [0, 0.05) is 50.0 Å². The Morgan fingerprint density at radius 1 is 0.857 bits per heavy atom. The van der Waals surface area contributed by atoms with Crippen LogP contribution in [0.3, 0.4) is 0 Å². The van der Waals surface area contributed by atoms with E-state index in [0.29, 0.717) is 6.54 Å². The zero-order valence-corrected chi connectivity index (χ0v) is 17.4. The van der Waals surface area contributed by atoms with Gasteiger partial charge in [-0.15, -0.1) is 0 Å². The van der Waals surface area contributed by atoms with Crippen molar-refractivity contribution in [3.8, 4) is 0 Å². The fraction of sp³-hybridized carbons (Fsp3) is 0.391. The topological polar surface area (TPSA) is 52.7 Å². The average molecular weight is 382 g/mol. The van der Waals surface area contributed by atoms with E-state index >= 15 is 0 Å². The molecule has 0 aromatic heterocycles. The van der Waals surface area contributed by atoms with E-state index in [2.05, 4.69) is 31.0 Å². The molecule has 0 unspecified atom stereocenters. The van der Waals surface area contributed by atoms with E-state index in [1.54, 1.807) is 4.90 Å². The summed E-state index contributed by atoms with van der Waals surface area (Å²) in [6.07, 6.45) is 1.20. The molecular formula is C23H31N3O2. The van der Waals surface area contributed by atoms with Gasteiger partial charge in [-0.3, -0.25) is 9.59 Å². The lowest BCUT2D eigenvalue weighted by Gasteiger charge is -2.22. The first-order valence-corrected chi connectivity index (χ1v) is 10.00. The molecule has 0 fully saturated rings. The van der Waals surface area contributed by atoms with Crippen LogP contribution in [-0.2, 0) is 16.0 Å². The minimum Gasteiger partial charge on any atom is -0.372 e. The van der Waals surface area contributed by atoms with Gasteiger partial charge in [-0.2, -0.15) is 0 Å². The standard InChI is InChI=1S/C23H31N3O2/c1-5-19-8-12-22(13-9-19)26(18(4)27)17-16-23(28)24-20-10-14-21(15-11-20)25(6-2)7-3/h8-15H,5-7,16-17H2,1-4H3,(H,24,28). The van der Waals surface area contributed by atoms with Crippen molar-refractivity contribution in [2.45, 2.75) is 40.5 Å². The van der Waals surface area contributed by atoms with Crippen LogP contribution in [-0.4, -0.2) is 31.4 Å². The second kappa shape index (κ2) is 10.5. The Morgan fingerprint density at radius 3 is 1.93 bits per heavy atom. The SMILES string of the molecule is CCc1ccc(N(CCC(=O)Nc2ccc(N(CC)CC)cc2)C(C)=O)cc1. The Morgan fingerprint density at radius 2 is 1.43 bits per heavy atom. The number of carbonyl (C=O) groups is 2. The maximum atomic E-state index is 12.3. The van der Waals surface area contributed by atoms with Crippen molar-refractivity contribution in [2.75, 3.05) is 34.8 Å². The van der Waals surface area contributed by atoms with E-state index in [1.165, 1.54) is 12.5 Å². The van der Waals surface area contributed by atoms with Gasteiger partial charge >= 0.3 is 0 Å². The lowest BCUT2D eigenvalue weighted by Crippen LogP contribution is -2.31. The van der Waals surface area contributed by atoms with Crippen molar-refractivity contribution in [1.29, 1.82) is 0 Å². The van der Waals surface area contributed by atoms with Gasteiger partial charge in [0.2, 0.25) is 11.8 Å². The number of carbonyl (C=O) groups excluding carboxylic acids is 2. The summed E-state index contributed by atoms with van der Waals surface area (Å²) in [6, 6.07) is 15.8. The predicted octanol–water partition coefficient (Wildman–Crippen LogP) is 4.48. The molecule has 5 heteroatoms. The van der Waals surface area contributed by atoms with E-state index in [9.17, 15) is 9.59 Å². The monoisotopic (exact) mass is 381 g/mol. The van der Waals surface area contributed by atoms with Crippen LogP contribution in [0, 0.1) is 0 Å². The highest BCUT2D eigenvalue weighted by Crippen LogP contribution is 2.19. The minimum absolute atomic E-state index is 0.0689. The van der Waals surface area contributed by atoms with E-state index in [0.717, 1.165) is 36.6 Å². The fourth-order valence-electron chi connectivity index (χ4n) is 3.16. The smallest absolute Gasteiger partial charge is 0.226 e. The summed E-state index contributed by atoms with van der Waals surface area (Å²) >= 11 is 0. The van der Waals surface area contributed by atoms with E-state index in [1.807, 2.05) is 48.5 Å². The van der Waals surface area contributed by atoms with E-state index in [4.69, 9.17) is 0 Å². The van der Waals surface area contributed by atoms with Crippen LogP contribution in [0.5, 0.6) is 0 Å². The molecule has 2 rings (SSSR count). The maximum absolute atomic E-state index is 12.3. The summed E-state index contributed by atoms with van der Waals surface area (Å²) in [5.41, 5.74) is 3.95. The van der Waals surface area contributed by atoms with Gasteiger partial charge in [0.25, 0.3) is 0 Å². The molecule has 0 saturated carbocycles.